The second kappa shape index (κ2) is 3.83. The number of anilines is 2. The first-order valence-electron chi connectivity index (χ1n) is 5.00. The van der Waals surface area contributed by atoms with Gasteiger partial charge >= 0.3 is 0 Å². The van der Waals surface area contributed by atoms with Gasteiger partial charge in [-0.05, 0) is 24.6 Å². The molecular weight excluding hydrogens is 224 g/mol. The molecule has 4 nitrogen and oxygen atoms in total. The van der Waals surface area contributed by atoms with E-state index in [9.17, 15) is 8.42 Å². The van der Waals surface area contributed by atoms with Gasteiger partial charge in [0, 0.05) is 16.8 Å². The second-order valence-corrected chi connectivity index (χ2v) is 5.86. The Hall–Kier alpha value is -1.49. The van der Waals surface area contributed by atoms with Crippen LogP contribution in [0, 0.1) is 6.92 Å². The first kappa shape index (κ1) is 11.0. The van der Waals surface area contributed by atoms with Crippen LogP contribution in [-0.2, 0) is 9.84 Å². The third-order valence-electron chi connectivity index (χ3n) is 2.65. The molecule has 0 aromatic heterocycles. The highest BCUT2D eigenvalue weighted by atomic mass is 32.2. The van der Waals surface area contributed by atoms with Crippen molar-refractivity contribution in [3.05, 3.63) is 35.2 Å². The standard InChI is InChI=1S/C11H14N2O2S/c1-8-10(12)3-2-4-11(8)13-9-5-6-16(14,15)7-9/h2-6,9,13H,7,12H2,1H3. The van der Waals surface area contributed by atoms with Gasteiger partial charge in [0.25, 0.3) is 0 Å². The second-order valence-electron chi connectivity index (χ2n) is 3.93. The largest absolute Gasteiger partial charge is 0.398 e. The van der Waals surface area contributed by atoms with Gasteiger partial charge in [-0.25, -0.2) is 8.42 Å². The van der Waals surface area contributed by atoms with Crippen molar-refractivity contribution in [2.24, 2.45) is 0 Å². The van der Waals surface area contributed by atoms with Gasteiger partial charge in [0.1, 0.15) is 0 Å². The number of sulfone groups is 1. The maximum absolute atomic E-state index is 11.2. The van der Waals surface area contributed by atoms with Gasteiger partial charge in [0.05, 0.1) is 11.8 Å². The Morgan fingerprint density at radius 3 is 2.81 bits per heavy atom. The van der Waals surface area contributed by atoms with Crippen LogP contribution in [0.2, 0.25) is 0 Å². The summed E-state index contributed by atoms with van der Waals surface area (Å²) in [6.07, 6.45) is 1.66. The van der Waals surface area contributed by atoms with Crippen molar-refractivity contribution in [1.29, 1.82) is 0 Å². The van der Waals surface area contributed by atoms with Crippen LogP contribution >= 0.6 is 0 Å². The molecule has 16 heavy (non-hydrogen) atoms. The van der Waals surface area contributed by atoms with E-state index in [2.05, 4.69) is 5.32 Å². The minimum atomic E-state index is -3.01. The predicted molar refractivity (Wildman–Crippen MR) is 65.9 cm³/mol. The zero-order valence-corrected chi connectivity index (χ0v) is 9.79. The molecule has 0 radical (unpaired) electrons. The molecule has 2 rings (SSSR count). The fourth-order valence-corrected chi connectivity index (χ4v) is 2.91. The van der Waals surface area contributed by atoms with Crippen molar-refractivity contribution in [3.8, 4) is 0 Å². The number of nitrogens with two attached hydrogens (primary N) is 1. The van der Waals surface area contributed by atoms with E-state index in [4.69, 9.17) is 5.73 Å². The van der Waals surface area contributed by atoms with Gasteiger partial charge in [-0.15, -0.1) is 0 Å². The number of benzene rings is 1. The SMILES string of the molecule is Cc1c(N)cccc1NC1C=CS(=O)(=O)C1. The van der Waals surface area contributed by atoms with E-state index >= 15 is 0 Å². The van der Waals surface area contributed by atoms with Crippen LogP contribution in [0.3, 0.4) is 0 Å². The molecule has 0 bridgehead atoms. The first-order chi connectivity index (χ1) is 7.48. The van der Waals surface area contributed by atoms with E-state index in [1.807, 2.05) is 25.1 Å². The molecule has 1 aliphatic rings. The van der Waals surface area contributed by atoms with Gasteiger partial charge in [-0.3, -0.25) is 0 Å². The molecule has 1 atom stereocenters. The minimum absolute atomic E-state index is 0.112. The summed E-state index contributed by atoms with van der Waals surface area (Å²) in [5.41, 5.74) is 8.30. The van der Waals surface area contributed by atoms with Crippen LogP contribution in [0.5, 0.6) is 0 Å². The van der Waals surface area contributed by atoms with Gasteiger partial charge < -0.3 is 11.1 Å². The van der Waals surface area contributed by atoms with Crippen molar-refractivity contribution in [1.82, 2.24) is 0 Å². The molecule has 3 N–H and O–H groups in total. The zero-order valence-electron chi connectivity index (χ0n) is 8.97. The molecule has 0 saturated heterocycles. The average molecular weight is 238 g/mol. The van der Waals surface area contributed by atoms with Crippen molar-refractivity contribution in [2.45, 2.75) is 13.0 Å². The summed E-state index contributed by atoms with van der Waals surface area (Å²) < 4.78 is 22.5. The van der Waals surface area contributed by atoms with Crippen LogP contribution in [-0.4, -0.2) is 20.2 Å². The molecule has 0 spiro atoms. The quantitative estimate of drug-likeness (QED) is 0.762. The number of rotatable bonds is 2. The Kier molecular flexibility index (Phi) is 2.63. The van der Waals surface area contributed by atoms with Crippen LogP contribution in [0.4, 0.5) is 11.4 Å². The van der Waals surface area contributed by atoms with Crippen LogP contribution < -0.4 is 11.1 Å². The Morgan fingerprint density at radius 1 is 1.44 bits per heavy atom. The van der Waals surface area contributed by atoms with Crippen LogP contribution in [0.25, 0.3) is 0 Å². The van der Waals surface area contributed by atoms with Gasteiger partial charge in [-0.2, -0.15) is 0 Å². The summed E-state index contributed by atoms with van der Waals surface area (Å²) in [6, 6.07) is 5.40. The molecule has 1 aromatic carbocycles. The highest BCUT2D eigenvalue weighted by Gasteiger charge is 2.21. The molecule has 1 aromatic rings. The third-order valence-corrected chi connectivity index (χ3v) is 4.04. The van der Waals surface area contributed by atoms with Crippen molar-refractivity contribution < 1.29 is 8.42 Å². The van der Waals surface area contributed by atoms with Crippen molar-refractivity contribution >= 4 is 21.2 Å². The summed E-state index contributed by atoms with van der Waals surface area (Å²) >= 11 is 0. The lowest BCUT2D eigenvalue weighted by molar-refractivity contribution is 0.605. The maximum Gasteiger partial charge on any atom is 0.173 e. The molecule has 0 saturated carbocycles. The molecule has 1 unspecified atom stereocenters. The van der Waals surface area contributed by atoms with Gasteiger partial charge in [-0.1, -0.05) is 12.1 Å². The summed E-state index contributed by atoms with van der Waals surface area (Å²) in [7, 11) is -3.01. The molecule has 5 heteroatoms. The predicted octanol–water partition coefficient (Wildman–Crippen LogP) is 1.30. The van der Waals surface area contributed by atoms with Gasteiger partial charge in [0.15, 0.2) is 9.84 Å². The summed E-state index contributed by atoms with van der Waals surface area (Å²) in [6.45, 7) is 1.91. The normalized spacial score (nSPS) is 22.2. The topological polar surface area (TPSA) is 72.2 Å². The number of hydrogen-bond donors (Lipinski definition) is 2. The number of nitrogen functional groups attached to an aromatic ring is 1. The van der Waals surface area contributed by atoms with Crippen LogP contribution in [0.15, 0.2) is 29.7 Å². The summed E-state index contributed by atoms with van der Waals surface area (Å²) in [5.74, 6) is 0.112. The summed E-state index contributed by atoms with van der Waals surface area (Å²) in [5, 5.41) is 4.42. The lowest BCUT2D eigenvalue weighted by atomic mass is 10.1. The minimum Gasteiger partial charge on any atom is -0.398 e. The number of hydrogen-bond acceptors (Lipinski definition) is 4. The average Bonchev–Trinajstić information content (AvgIpc) is 2.53. The van der Waals surface area contributed by atoms with E-state index in [-0.39, 0.29) is 11.8 Å². The lowest BCUT2D eigenvalue weighted by Crippen LogP contribution is -2.21. The van der Waals surface area contributed by atoms with Crippen molar-refractivity contribution in [2.75, 3.05) is 16.8 Å². The zero-order chi connectivity index (χ0) is 11.8. The summed E-state index contributed by atoms with van der Waals surface area (Å²) in [4.78, 5) is 0. The van der Waals surface area contributed by atoms with Crippen molar-refractivity contribution in [3.63, 3.8) is 0 Å². The molecule has 86 valence electrons. The lowest BCUT2D eigenvalue weighted by Gasteiger charge is -2.14. The molecule has 0 aliphatic carbocycles. The molecule has 1 aliphatic heterocycles. The third kappa shape index (κ3) is 2.19. The molecular formula is C11H14N2O2S. The Bertz CT molecular complexity index is 535. The fraction of sp³-hybridized carbons (Fsp3) is 0.273. The Morgan fingerprint density at radius 2 is 2.19 bits per heavy atom. The monoisotopic (exact) mass is 238 g/mol. The Balaban J connectivity index is 2.17. The van der Waals surface area contributed by atoms with E-state index < -0.39 is 9.84 Å². The molecule has 0 fully saturated rings. The fourth-order valence-electron chi connectivity index (χ4n) is 1.68. The van der Waals surface area contributed by atoms with E-state index in [0.29, 0.717) is 5.69 Å². The number of nitrogens with one attached hydrogen (secondary N) is 1. The highest BCUT2D eigenvalue weighted by Crippen LogP contribution is 2.23. The van der Waals surface area contributed by atoms with Gasteiger partial charge in [0.2, 0.25) is 0 Å². The Labute approximate surface area is 95.1 Å². The molecule has 1 heterocycles. The smallest absolute Gasteiger partial charge is 0.173 e. The van der Waals surface area contributed by atoms with Crippen LogP contribution in [0.1, 0.15) is 5.56 Å². The maximum atomic E-state index is 11.2. The first-order valence-corrected chi connectivity index (χ1v) is 6.72. The van der Waals surface area contributed by atoms with E-state index in [1.54, 1.807) is 6.08 Å². The van der Waals surface area contributed by atoms with E-state index in [1.165, 1.54) is 5.41 Å². The van der Waals surface area contributed by atoms with E-state index in [0.717, 1.165) is 11.3 Å². The molecule has 0 amide bonds. The highest BCUT2D eigenvalue weighted by molar-refractivity contribution is 7.94.